The maximum absolute atomic E-state index is 6.91. The van der Waals surface area contributed by atoms with Crippen LogP contribution in [-0.2, 0) is 7.05 Å². The SMILES string of the molecule is CS.[3H]C#Cc1cccc2c1cc(C)n2C. The minimum Gasteiger partial charge on any atom is -0.348 e. The lowest BCUT2D eigenvalue weighted by atomic mass is 10.1. The minimum atomic E-state index is 0.932. The van der Waals surface area contributed by atoms with E-state index in [9.17, 15) is 0 Å². The smallest absolute Gasteiger partial charge is 0.124 e. The highest BCUT2D eigenvalue weighted by Crippen LogP contribution is 2.21. The molecule has 2 aromatic rings. The number of aromatic nitrogens is 1. The number of nitrogens with zero attached hydrogens (tertiary/aromatic N) is 1. The Kier molecular flexibility index (Phi) is 3.37. The van der Waals surface area contributed by atoms with Crippen molar-refractivity contribution in [2.75, 3.05) is 6.26 Å². The summed E-state index contributed by atoms with van der Waals surface area (Å²) in [4.78, 5) is 0. The van der Waals surface area contributed by atoms with Crippen molar-refractivity contribution in [3.05, 3.63) is 35.5 Å². The van der Waals surface area contributed by atoms with Gasteiger partial charge < -0.3 is 4.57 Å². The molecule has 1 heterocycles. The molecule has 0 amide bonds. The molecule has 0 N–H and O–H groups in total. The van der Waals surface area contributed by atoms with Crippen LogP contribution in [0.25, 0.3) is 10.9 Å². The van der Waals surface area contributed by atoms with Crippen LogP contribution >= 0.6 is 12.6 Å². The van der Waals surface area contributed by atoms with Crippen molar-refractivity contribution in [2.24, 2.45) is 7.05 Å². The third-order valence-corrected chi connectivity index (χ3v) is 2.46. The lowest BCUT2D eigenvalue weighted by molar-refractivity contribution is 0.918. The molecule has 15 heavy (non-hydrogen) atoms. The highest BCUT2D eigenvalue weighted by atomic mass is 32.1. The van der Waals surface area contributed by atoms with Gasteiger partial charge in [0.1, 0.15) is 1.37 Å². The Morgan fingerprint density at radius 3 is 2.87 bits per heavy atom. The average molecular weight is 219 g/mol. The Morgan fingerprint density at radius 1 is 1.47 bits per heavy atom. The summed E-state index contributed by atoms with van der Waals surface area (Å²) in [5.41, 5.74) is 3.31. The molecule has 0 aliphatic carbocycles. The van der Waals surface area contributed by atoms with Crippen LogP contribution in [0.5, 0.6) is 0 Å². The van der Waals surface area contributed by atoms with Crippen LogP contribution in [0.2, 0.25) is 0 Å². The van der Waals surface area contributed by atoms with E-state index in [1.54, 1.807) is 6.26 Å². The molecule has 0 spiro atoms. The molecule has 0 radical (unpaired) electrons. The third kappa shape index (κ3) is 2.03. The Morgan fingerprint density at radius 2 is 2.20 bits per heavy atom. The fourth-order valence-electron chi connectivity index (χ4n) is 1.60. The lowest BCUT2D eigenvalue weighted by Crippen LogP contribution is -1.88. The second-order valence-electron chi connectivity index (χ2n) is 3.21. The van der Waals surface area contributed by atoms with Crippen molar-refractivity contribution >= 4 is 23.5 Å². The summed E-state index contributed by atoms with van der Waals surface area (Å²) in [6.45, 7) is 2.07. The Balaban J connectivity index is 0.000000606. The van der Waals surface area contributed by atoms with Gasteiger partial charge in [-0.2, -0.15) is 12.6 Å². The number of aryl methyl sites for hydroxylation is 2. The number of hydrogen-bond donors (Lipinski definition) is 1. The van der Waals surface area contributed by atoms with Crippen LogP contribution in [0.4, 0.5) is 0 Å². The van der Waals surface area contributed by atoms with Crippen LogP contribution in [0.15, 0.2) is 24.3 Å². The van der Waals surface area contributed by atoms with Crippen LogP contribution in [-0.4, -0.2) is 10.8 Å². The predicted molar refractivity (Wildman–Crippen MR) is 70.5 cm³/mol. The minimum absolute atomic E-state index is 0.932. The molecule has 0 aliphatic heterocycles. The molecule has 0 aliphatic rings. The van der Waals surface area contributed by atoms with Gasteiger partial charge in [-0.05, 0) is 31.4 Å². The summed E-state index contributed by atoms with van der Waals surface area (Å²) in [6, 6.07) is 8.09. The zero-order valence-electron chi connectivity index (χ0n) is 10.2. The monoisotopic (exact) mass is 219 g/mol. The van der Waals surface area contributed by atoms with Crippen LogP contribution in [0.1, 0.15) is 12.6 Å². The van der Waals surface area contributed by atoms with Gasteiger partial charge in [0.05, 0.1) is 0 Å². The Hall–Kier alpha value is -1.33. The van der Waals surface area contributed by atoms with E-state index in [2.05, 4.69) is 48.6 Å². The fourth-order valence-corrected chi connectivity index (χ4v) is 1.60. The standard InChI is InChI=1S/C12H11N.CH4S/c1-4-10-6-5-7-12-11(10)8-9(2)13(12)3;1-2/h1,5-8H,2-3H3;2H,1H3/i1T;. The first-order valence-corrected chi connectivity index (χ1v) is 5.56. The third-order valence-electron chi connectivity index (χ3n) is 2.46. The summed E-state index contributed by atoms with van der Waals surface area (Å²) in [5.74, 6) is 2.79. The van der Waals surface area contributed by atoms with Crippen LogP contribution in [0, 0.1) is 19.2 Å². The molecule has 78 valence electrons. The van der Waals surface area contributed by atoms with Gasteiger partial charge in [0.15, 0.2) is 0 Å². The summed E-state index contributed by atoms with van der Waals surface area (Å²) in [7, 11) is 2.04. The quantitative estimate of drug-likeness (QED) is 0.513. The maximum atomic E-state index is 6.91. The fraction of sp³-hybridized carbons (Fsp3) is 0.231. The predicted octanol–water partition coefficient (Wildman–Crippen LogP) is 3.01. The number of rotatable bonds is 0. The number of thiol groups is 1. The van der Waals surface area contributed by atoms with Crippen molar-refractivity contribution < 1.29 is 1.37 Å². The van der Waals surface area contributed by atoms with Crippen molar-refractivity contribution in [1.29, 1.82) is 0 Å². The van der Waals surface area contributed by atoms with Crippen molar-refractivity contribution in [3.8, 4) is 12.3 Å². The molecule has 1 aromatic carbocycles. The van der Waals surface area contributed by atoms with Crippen molar-refractivity contribution in [2.45, 2.75) is 6.92 Å². The topological polar surface area (TPSA) is 4.93 Å². The van der Waals surface area contributed by atoms with E-state index >= 15 is 0 Å². The normalized spacial score (nSPS) is 9.73. The van der Waals surface area contributed by atoms with E-state index in [4.69, 9.17) is 1.37 Å². The van der Waals surface area contributed by atoms with Crippen LogP contribution < -0.4 is 0 Å². The zero-order valence-corrected chi connectivity index (χ0v) is 10.1. The first-order chi connectivity index (χ1) is 7.74. The molecule has 0 atom stereocenters. The Labute approximate surface area is 97.9 Å². The lowest BCUT2D eigenvalue weighted by Gasteiger charge is -1.98. The molecule has 0 saturated heterocycles. The van der Waals surface area contributed by atoms with Gasteiger partial charge in [-0.1, -0.05) is 12.0 Å². The van der Waals surface area contributed by atoms with Crippen molar-refractivity contribution in [1.82, 2.24) is 4.57 Å². The molecule has 0 fully saturated rings. The molecule has 2 rings (SSSR count). The average Bonchev–Trinajstić information content (AvgIpc) is 2.60. The van der Waals surface area contributed by atoms with Gasteiger partial charge in [-0.3, -0.25) is 0 Å². The summed E-state index contributed by atoms with van der Waals surface area (Å²) in [6.07, 6.45) is 3.89. The van der Waals surface area contributed by atoms with E-state index in [0.717, 1.165) is 10.9 Å². The van der Waals surface area contributed by atoms with Crippen molar-refractivity contribution in [3.63, 3.8) is 0 Å². The molecule has 1 nitrogen and oxygen atoms in total. The summed E-state index contributed by atoms with van der Waals surface area (Å²) < 4.78 is 9.04. The highest BCUT2D eigenvalue weighted by Gasteiger charge is 2.03. The molecule has 0 bridgehead atoms. The molecular formula is C13H15NS. The molecular weight excluding hydrogens is 202 g/mol. The molecule has 2 heteroatoms. The number of hydrogen-bond acceptors (Lipinski definition) is 1. The second-order valence-corrected chi connectivity index (χ2v) is 3.21. The molecule has 0 unspecified atom stereocenters. The first kappa shape index (κ1) is 10.2. The number of benzene rings is 1. The van der Waals surface area contributed by atoms with E-state index in [-0.39, 0.29) is 0 Å². The molecule has 1 aromatic heterocycles. The van der Waals surface area contributed by atoms with Gasteiger partial charge in [0.25, 0.3) is 0 Å². The zero-order chi connectivity index (χ0) is 12.1. The highest BCUT2D eigenvalue weighted by molar-refractivity contribution is 7.79. The second kappa shape index (κ2) is 4.95. The Bertz CT molecular complexity index is 546. The number of terminal acetylenes is 1. The van der Waals surface area contributed by atoms with Gasteiger partial charge in [0, 0.05) is 29.2 Å². The van der Waals surface area contributed by atoms with E-state index in [1.165, 1.54) is 11.2 Å². The summed E-state index contributed by atoms with van der Waals surface area (Å²) >= 11 is 3.53. The van der Waals surface area contributed by atoms with Gasteiger partial charge in [-0.25, -0.2) is 0 Å². The number of fused-ring (bicyclic) bond motifs is 1. The van der Waals surface area contributed by atoms with Gasteiger partial charge in [0.2, 0.25) is 0 Å². The molecule has 0 saturated carbocycles. The maximum Gasteiger partial charge on any atom is 0.124 e. The van der Waals surface area contributed by atoms with Gasteiger partial charge in [-0.15, -0.1) is 6.40 Å². The summed E-state index contributed by atoms with van der Waals surface area (Å²) in [5, 5.41) is 1.13. The van der Waals surface area contributed by atoms with Gasteiger partial charge >= 0.3 is 0 Å². The van der Waals surface area contributed by atoms with E-state index < -0.39 is 0 Å². The van der Waals surface area contributed by atoms with E-state index in [1.807, 2.05) is 19.2 Å². The first-order valence-electron chi connectivity index (χ1n) is 5.16. The largest absolute Gasteiger partial charge is 0.348 e. The van der Waals surface area contributed by atoms with E-state index in [0.29, 0.717) is 0 Å². The van der Waals surface area contributed by atoms with Crippen LogP contribution in [0.3, 0.4) is 0 Å².